The number of carboxylic acids is 1. The molecular formula is C18H19FN2O3S. The van der Waals surface area contributed by atoms with Gasteiger partial charge in [0, 0.05) is 18.7 Å². The van der Waals surface area contributed by atoms with Crippen molar-refractivity contribution in [2.45, 2.75) is 20.3 Å². The summed E-state index contributed by atoms with van der Waals surface area (Å²) >= 11 is 1.26. The molecule has 1 aromatic carbocycles. The number of aromatic nitrogens is 1. The molecule has 25 heavy (non-hydrogen) atoms. The molecule has 0 saturated carbocycles. The summed E-state index contributed by atoms with van der Waals surface area (Å²) in [6.45, 7) is 4.49. The normalized spacial score (nSPS) is 20.5. The van der Waals surface area contributed by atoms with E-state index in [1.54, 1.807) is 24.0 Å². The van der Waals surface area contributed by atoms with Crippen molar-refractivity contribution in [1.29, 1.82) is 0 Å². The van der Waals surface area contributed by atoms with E-state index in [0.717, 1.165) is 5.56 Å². The second-order valence-electron chi connectivity index (χ2n) is 6.53. The third-order valence-electron chi connectivity index (χ3n) is 4.38. The minimum absolute atomic E-state index is 0.142. The third-order valence-corrected chi connectivity index (χ3v) is 5.57. The molecule has 0 aliphatic carbocycles. The summed E-state index contributed by atoms with van der Waals surface area (Å²) < 4.78 is 13.1. The van der Waals surface area contributed by atoms with Crippen molar-refractivity contribution in [2.75, 3.05) is 13.1 Å². The van der Waals surface area contributed by atoms with Gasteiger partial charge in [0.25, 0.3) is 5.91 Å². The highest BCUT2D eigenvalue weighted by Gasteiger charge is 2.33. The molecule has 1 aromatic heterocycles. The van der Waals surface area contributed by atoms with Crippen LogP contribution in [0.25, 0.3) is 10.6 Å². The van der Waals surface area contributed by atoms with E-state index in [1.165, 1.54) is 23.5 Å². The molecule has 132 valence electrons. The summed E-state index contributed by atoms with van der Waals surface area (Å²) in [5, 5.41) is 9.93. The van der Waals surface area contributed by atoms with Gasteiger partial charge in [-0.05, 0) is 43.5 Å². The number of hydrogen-bond donors (Lipinski definition) is 1. The van der Waals surface area contributed by atoms with Gasteiger partial charge in [0.15, 0.2) is 0 Å². The van der Waals surface area contributed by atoms with E-state index < -0.39 is 11.9 Å². The number of piperidine rings is 1. The Morgan fingerprint density at radius 1 is 1.28 bits per heavy atom. The Kier molecular flexibility index (Phi) is 4.85. The van der Waals surface area contributed by atoms with Crippen LogP contribution in [0, 0.1) is 24.6 Å². The summed E-state index contributed by atoms with van der Waals surface area (Å²) in [6.07, 6.45) is 0.585. The summed E-state index contributed by atoms with van der Waals surface area (Å²) in [5.41, 5.74) is 1.36. The van der Waals surface area contributed by atoms with Gasteiger partial charge >= 0.3 is 5.97 Å². The van der Waals surface area contributed by atoms with Crippen LogP contribution in [-0.2, 0) is 4.79 Å². The van der Waals surface area contributed by atoms with Gasteiger partial charge in [0.05, 0.1) is 11.6 Å². The smallest absolute Gasteiger partial charge is 0.308 e. The highest BCUT2D eigenvalue weighted by atomic mass is 32.1. The van der Waals surface area contributed by atoms with Gasteiger partial charge in [0.2, 0.25) is 0 Å². The van der Waals surface area contributed by atoms with Crippen molar-refractivity contribution < 1.29 is 19.1 Å². The number of carbonyl (C=O) groups excluding carboxylic acids is 1. The number of likely N-dealkylation sites (tertiary alicyclic amines) is 1. The Balaban J connectivity index is 1.85. The number of hydrogen-bond acceptors (Lipinski definition) is 4. The fraction of sp³-hybridized carbons (Fsp3) is 0.389. The monoisotopic (exact) mass is 362 g/mol. The Hall–Kier alpha value is -2.28. The second kappa shape index (κ2) is 6.92. The van der Waals surface area contributed by atoms with E-state index in [1.807, 2.05) is 6.92 Å². The van der Waals surface area contributed by atoms with Crippen LogP contribution in [-0.4, -0.2) is 40.0 Å². The fourth-order valence-corrected chi connectivity index (χ4v) is 4.19. The van der Waals surface area contributed by atoms with E-state index in [0.29, 0.717) is 28.5 Å². The van der Waals surface area contributed by atoms with Crippen molar-refractivity contribution >= 4 is 23.2 Å². The lowest BCUT2D eigenvalue weighted by Gasteiger charge is -2.34. The molecular weight excluding hydrogens is 343 g/mol. The van der Waals surface area contributed by atoms with Gasteiger partial charge in [0.1, 0.15) is 15.7 Å². The zero-order valence-corrected chi connectivity index (χ0v) is 14.8. The minimum Gasteiger partial charge on any atom is -0.481 e. The summed E-state index contributed by atoms with van der Waals surface area (Å²) in [4.78, 5) is 30.7. The Labute approximate surface area is 149 Å². The zero-order valence-electron chi connectivity index (χ0n) is 14.0. The number of halogens is 1. The lowest BCUT2D eigenvalue weighted by molar-refractivity contribution is -0.143. The van der Waals surface area contributed by atoms with E-state index in [2.05, 4.69) is 4.98 Å². The Bertz CT molecular complexity index is 803. The molecule has 2 heterocycles. The van der Waals surface area contributed by atoms with Crippen LogP contribution in [0.2, 0.25) is 0 Å². The first kappa shape index (κ1) is 17.5. The maximum Gasteiger partial charge on any atom is 0.308 e. The van der Waals surface area contributed by atoms with Crippen LogP contribution < -0.4 is 0 Å². The van der Waals surface area contributed by atoms with Crippen LogP contribution >= 0.6 is 11.3 Å². The van der Waals surface area contributed by atoms with Crippen LogP contribution in [0.3, 0.4) is 0 Å². The van der Waals surface area contributed by atoms with E-state index in [9.17, 15) is 19.1 Å². The predicted octanol–water partition coefficient (Wildman–Crippen LogP) is 3.44. The van der Waals surface area contributed by atoms with Gasteiger partial charge in [-0.1, -0.05) is 6.92 Å². The van der Waals surface area contributed by atoms with Crippen molar-refractivity contribution in [2.24, 2.45) is 11.8 Å². The van der Waals surface area contributed by atoms with Crippen molar-refractivity contribution in [3.63, 3.8) is 0 Å². The van der Waals surface area contributed by atoms with Gasteiger partial charge in [-0.3, -0.25) is 9.59 Å². The average Bonchev–Trinajstić information content (AvgIpc) is 2.96. The highest BCUT2D eigenvalue weighted by molar-refractivity contribution is 7.17. The zero-order chi connectivity index (χ0) is 18.1. The first-order valence-electron chi connectivity index (χ1n) is 8.10. The molecule has 3 rings (SSSR count). The molecule has 1 saturated heterocycles. The molecule has 1 fully saturated rings. The number of amides is 1. The van der Waals surface area contributed by atoms with E-state index >= 15 is 0 Å². The molecule has 2 atom stereocenters. The van der Waals surface area contributed by atoms with Crippen LogP contribution in [0.15, 0.2) is 24.3 Å². The topological polar surface area (TPSA) is 70.5 Å². The standard InChI is InChI=1S/C18H19FN2O3S/c1-10-7-13(18(23)24)9-21(8-10)17(22)15-11(2)20-16(25-15)12-3-5-14(19)6-4-12/h3-6,10,13H,7-9H2,1-2H3,(H,23,24). The van der Waals surface area contributed by atoms with Crippen LogP contribution in [0.1, 0.15) is 28.7 Å². The third kappa shape index (κ3) is 3.71. The number of aliphatic carboxylic acids is 1. The molecule has 0 bridgehead atoms. The van der Waals surface area contributed by atoms with Crippen molar-refractivity contribution in [3.8, 4) is 10.6 Å². The number of carboxylic acid groups (broad SMARTS) is 1. The van der Waals surface area contributed by atoms with Gasteiger partial charge in [-0.25, -0.2) is 9.37 Å². The molecule has 1 aliphatic heterocycles. The van der Waals surface area contributed by atoms with E-state index in [4.69, 9.17) is 0 Å². The van der Waals surface area contributed by atoms with Gasteiger partial charge < -0.3 is 10.0 Å². The molecule has 7 heteroatoms. The number of rotatable bonds is 3. The predicted molar refractivity (Wildman–Crippen MR) is 93.1 cm³/mol. The molecule has 0 spiro atoms. The fourth-order valence-electron chi connectivity index (χ4n) is 3.15. The lowest BCUT2D eigenvalue weighted by atomic mass is 9.90. The summed E-state index contributed by atoms with van der Waals surface area (Å²) in [7, 11) is 0. The maximum absolute atomic E-state index is 13.1. The number of thiazole rings is 1. The summed E-state index contributed by atoms with van der Waals surface area (Å²) in [6, 6.07) is 5.98. The maximum atomic E-state index is 13.1. The van der Waals surface area contributed by atoms with Gasteiger partial charge in [-0.2, -0.15) is 0 Å². The molecule has 1 N–H and O–H groups in total. The number of benzene rings is 1. The van der Waals surface area contributed by atoms with Gasteiger partial charge in [-0.15, -0.1) is 11.3 Å². The SMILES string of the molecule is Cc1nc(-c2ccc(F)cc2)sc1C(=O)N1CC(C)CC(C(=O)O)C1. The number of aryl methyl sites for hydroxylation is 1. The van der Waals surface area contributed by atoms with Crippen LogP contribution in [0.4, 0.5) is 4.39 Å². The van der Waals surface area contributed by atoms with Crippen molar-refractivity contribution in [3.05, 3.63) is 40.7 Å². The molecule has 2 aromatic rings. The van der Waals surface area contributed by atoms with E-state index in [-0.39, 0.29) is 24.2 Å². The summed E-state index contributed by atoms with van der Waals surface area (Å²) in [5.74, 6) is -1.75. The first-order chi connectivity index (χ1) is 11.8. The largest absolute Gasteiger partial charge is 0.481 e. The molecule has 1 amide bonds. The van der Waals surface area contributed by atoms with Crippen molar-refractivity contribution in [1.82, 2.24) is 9.88 Å². The Morgan fingerprint density at radius 2 is 1.96 bits per heavy atom. The number of carbonyl (C=O) groups is 2. The quantitative estimate of drug-likeness (QED) is 0.908. The molecule has 1 aliphatic rings. The Morgan fingerprint density at radius 3 is 2.60 bits per heavy atom. The lowest BCUT2D eigenvalue weighted by Crippen LogP contribution is -2.45. The average molecular weight is 362 g/mol. The first-order valence-corrected chi connectivity index (χ1v) is 8.92. The molecule has 0 radical (unpaired) electrons. The molecule has 5 nitrogen and oxygen atoms in total. The number of nitrogens with zero attached hydrogens (tertiary/aromatic N) is 2. The highest BCUT2D eigenvalue weighted by Crippen LogP contribution is 2.31. The van der Waals surface area contributed by atoms with Crippen LogP contribution in [0.5, 0.6) is 0 Å². The minimum atomic E-state index is -0.864. The molecule has 2 unspecified atom stereocenters. The second-order valence-corrected chi connectivity index (χ2v) is 7.53.